The summed E-state index contributed by atoms with van der Waals surface area (Å²) in [4.78, 5) is 28.5. The van der Waals surface area contributed by atoms with Crippen LogP contribution in [0.25, 0.3) is 0 Å². The third-order valence-corrected chi connectivity index (χ3v) is 9.36. The van der Waals surface area contributed by atoms with Crippen molar-refractivity contribution in [3.63, 3.8) is 0 Å². The number of sulfonamides is 1. The number of benzene rings is 3. The molecule has 3 aromatic rings. The molecule has 2 atom stereocenters. The van der Waals surface area contributed by atoms with E-state index in [4.69, 9.17) is 23.2 Å². The number of hydrogen-bond donors (Lipinski definition) is 1. The summed E-state index contributed by atoms with van der Waals surface area (Å²) >= 11 is 16.1. The highest BCUT2D eigenvalue weighted by Crippen LogP contribution is 2.33. The Morgan fingerprint density at radius 1 is 0.975 bits per heavy atom. The molecule has 3 rings (SSSR count). The minimum atomic E-state index is -4.25. The van der Waals surface area contributed by atoms with Crippen molar-refractivity contribution in [3.8, 4) is 0 Å². The SMILES string of the molecule is CC[C@@H](C)NC(=O)[C@@H](C)N(Cc1ccc(Br)cc1)C(=O)CN(c1cc(Cl)ccc1Cl)S(=O)(=O)c1ccc(C)cc1. The number of carbonyl (C=O) groups excluding carboxylic acids is 2. The second-order valence-electron chi connectivity index (χ2n) is 9.56. The molecule has 0 fully saturated rings. The molecule has 11 heteroatoms. The fourth-order valence-corrected chi connectivity index (χ4v) is 5.99. The van der Waals surface area contributed by atoms with Gasteiger partial charge in [-0.25, -0.2) is 8.42 Å². The second-order valence-corrected chi connectivity index (χ2v) is 13.2. The Kier molecular flexibility index (Phi) is 11.1. The highest BCUT2D eigenvalue weighted by Gasteiger charge is 2.33. The monoisotopic (exact) mass is 667 g/mol. The lowest BCUT2D eigenvalue weighted by Gasteiger charge is -2.32. The van der Waals surface area contributed by atoms with E-state index in [2.05, 4.69) is 21.2 Å². The lowest BCUT2D eigenvalue weighted by molar-refractivity contribution is -0.139. The highest BCUT2D eigenvalue weighted by molar-refractivity contribution is 9.10. The predicted molar refractivity (Wildman–Crippen MR) is 164 cm³/mol. The van der Waals surface area contributed by atoms with E-state index < -0.39 is 28.5 Å². The average molecular weight is 669 g/mol. The van der Waals surface area contributed by atoms with Gasteiger partial charge in [0.2, 0.25) is 11.8 Å². The molecule has 2 amide bonds. The quantitative estimate of drug-likeness (QED) is 0.250. The molecule has 3 aromatic carbocycles. The smallest absolute Gasteiger partial charge is 0.264 e. The van der Waals surface area contributed by atoms with Crippen molar-refractivity contribution in [2.45, 2.75) is 57.6 Å². The van der Waals surface area contributed by atoms with E-state index in [0.29, 0.717) is 0 Å². The van der Waals surface area contributed by atoms with Gasteiger partial charge in [-0.1, -0.05) is 75.9 Å². The third-order valence-electron chi connectivity index (χ3n) is 6.50. The third kappa shape index (κ3) is 8.00. The zero-order valence-corrected chi connectivity index (χ0v) is 26.6. The first-order valence-corrected chi connectivity index (χ1v) is 15.7. The van der Waals surface area contributed by atoms with Gasteiger partial charge in [-0.15, -0.1) is 0 Å². The van der Waals surface area contributed by atoms with Crippen LogP contribution in [-0.4, -0.2) is 43.8 Å². The van der Waals surface area contributed by atoms with Crippen molar-refractivity contribution >= 4 is 66.7 Å². The zero-order valence-electron chi connectivity index (χ0n) is 22.7. The van der Waals surface area contributed by atoms with Crippen molar-refractivity contribution in [2.24, 2.45) is 0 Å². The van der Waals surface area contributed by atoms with Crippen molar-refractivity contribution < 1.29 is 18.0 Å². The summed E-state index contributed by atoms with van der Waals surface area (Å²) in [6, 6.07) is 17.1. The molecular weight excluding hydrogens is 637 g/mol. The summed E-state index contributed by atoms with van der Waals surface area (Å²) in [6.45, 7) is 6.78. The molecule has 0 saturated carbocycles. The first kappa shape index (κ1) is 31.9. The van der Waals surface area contributed by atoms with Gasteiger partial charge in [-0.3, -0.25) is 13.9 Å². The molecule has 0 bridgehead atoms. The summed E-state index contributed by atoms with van der Waals surface area (Å²) in [5.41, 5.74) is 1.71. The van der Waals surface area contributed by atoms with Crippen LogP contribution in [0.15, 0.2) is 76.1 Å². The van der Waals surface area contributed by atoms with E-state index in [9.17, 15) is 18.0 Å². The minimum absolute atomic E-state index is 0.0102. The van der Waals surface area contributed by atoms with Crippen LogP contribution >= 0.6 is 39.1 Å². The van der Waals surface area contributed by atoms with E-state index in [1.54, 1.807) is 19.1 Å². The van der Waals surface area contributed by atoms with E-state index in [0.717, 1.165) is 26.3 Å². The molecular formula is C29H32BrCl2N3O4S. The maximum atomic E-state index is 14.0. The number of nitrogens with one attached hydrogen (secondary N) is 1. The number of amides is 2. The predicted octanol–water partition coefficient (Wildman–Crippen LogP) is 6.59. The molecule has 7 nitrogen and oxygen atoms in total. The Hall–Kier alpha value is -2.59. The van der Waals surface area contributed by atoms with Gasteiger partial charge in [0.1, 0.15) is 12.6 Å². The Morgan fingerprint density at radius 3 is 2.20 bits per heavy atom. The minimum Gasteiger partial charge on any atom is -0.352 e. The molecule has 214 valence electrons. The van der Waals surface area contributed by atoms with Gasteiger partial charge >= 0.3 is 0 Å². The largest absolute Gasteiger partial charge is 0.352 e. The Morgan fingerprint density at radius 2 is 1.60 bits per heavy atom. The van der Waals surface area contributed by atoms with Gasteiger partial charge in [-0.05, 0) is 75.2 Å². The number of halogens is 3. The van der Waals surface area contributed by atoms with E-state index in [1.807, 2.05) is 45.0 Å². The normalized spacial score (nSPS) is 12.9. The van der Waals surface area contributed by atoms with E-state index in [1.165, 1.54) is 35.2 Å². The Bertz CT molecular complexity index is 1450. The molecule has 0 heterocycles. The van der Waals surface area contributed by atoms with Crippen LogP contribution in [0.1, 0.15) is 38.3 Å². The average Bonchev–Trinajstić information content (AvgIpc) is 2.92. The molecule has 1 N–H and O–H groups in total. The molecule has 0 radical (unpaired) electrons. The number of carbonyl (C=O) groups is 2. The van der Waals surface area contributed by atoms with Gasteiger partial charge in [0, 0.05) is 22.1 Å². The van der Waals surface area contributed by atoms with Crippen LogP contribution in [0, 0.1) is 6.92 Å². The van der Waals surface area contributed by atoms with Crippen LogP contribution in [-0.2, 0) is 26.2 Å². The van der Waals surface area contributed by atoms with Gasteiger partial charge in [0.05, 0.1) is 15.6 Å². The summed E-state index contributed by atoms with van der Waals surface area (Å²) in [7, 11) is -4.25. The molecule has 0 spiro atoms. The molecule has 0 saturated heterocycles. The van der Waals surface area contributed by atoms with Crippen molar-refractivity contribution in [1.29, 1.82) is 0 Å². The summed E-state index contributed by atoms with van der Waals surface area (Å²) in [5.74, 6) is -0.921. The van der Waals surface area contributed by atoms with Crippen LogP contribution in [0.3, 0.4) is 0 Å². The van der Waals surface area contributed by atoms with Crippen LogP contribution in [0.2, 0.25) is 10.0 Å². The number of hydrogen-bond acceptors (Lipinski definition) is 4. The van der Waals surface area contributed by atoms with Gasteiger partial charge in [0.15, 0.2) is 0 Å². The van der Waals surface area contributed by atoms with Crippen LogP contribution in [0.5, 0.6) is 0 Å². The number of aryl methyl sites for hydroxylation is 1. The number of anilines is 1. The zero-order chi connectivity index (χ0) is 29.6. The number of nitrogens with zero attached hydrogens (tertiary/aromatic N) is 2. The Balaban J connectivity index is 2.06. The van der Waals surface area contributed by atoms with Crippen molar-refractivity contribution in [2.75, 3.05) is 10.8 Å². The summed E-state index contributed by atoms with van der Waals surface area (Å²) in [5, 5.41) is 3.27. The standard InChI is InChI=1S/C29H32BrCl2N3O4S/c1-5-20(3)33-29(37)21(4)34(17-22-8-10-23(30)11-9-22)28(36)18-35(27-16-24(31)12-15-26(27)32)40(38,39)25-13-6-19(2)7-14-25/h6-16,20-21H,5,17-18H2,1-4H3,(H,33,37)/t20-,21-/m1/s1. The second kappa shape index (κ2) is 13.9. The summed E-state index contributed by atoms with van der Waals surface area (Å²) < 4.78 is 29.6. The maximum absolute atomic E-state index is 14.0. The van der Waals surface area contributed by atoms with Crippen LogP contribution in [0.4, 0.5) is 5.69 Å². The van der Waals surface area contributed by atoms with E-state index in [-0.39, 0.29) is 39.1 Å². The lowest BCUT2D eigenvalue weighted by Crippen LogP contribution is -2.52. The molecule has 0 aromatic heterocycles. The Labute approximate surface area is 254 Å². The van der Waals surface area contributed by atoms with Gasteiger partial charge in [0.25, 0.3) is 10.0 Å². The van der Waals surface area contributed by atoms with Crippen molar-refractivity contribution in [3.05, 3.63) is 92.4 Å². The summed E-state index contributed by atoms with van der Waals surface area (Å²) in [6.07, 6.45) is 0.717. The molecule has 0 aliphatic carbocycles. The highest BCUT2D eigenvalue weighted by atomic mass is 79.9. The topological polar surface area (TPSA) is 86.8 Å². The van der Waals surface area contributed by atoms with Gasteiger partial charge < -0.3 is 10.2 Å². The fraction of sp³-hybridized carbons (Fsp3) is 0.310. The molecule has 0 unspecified atom stereocenters. The fourth-order valence-electron chi connectivity index (χ4n) is 3.86. The first-order chi connectivity index (χ1) is 18.8. The number of rotatable bonds is 11. The van der Waals surface area contributed by atoms with Crippen molar-refractivity contribution in [1.82, 2.24) is 10.2 Å². The molecule has 0 aliphatic rings. The van der Waals surface area contributed by atoms with Gasteiger partial charge in [-0.2, -0.15) is 0 Å². The molecule has 0 aliphatic heterocycles. The van der Waals surface area contributed by atoms with E-state index >= 15 is 0 Å². The maximum Gasteiger partial charge on any atom is 0.264 e. The lowest BCUT2D eigenvalue weighted by atomic mass is 10.1. The van der Waals surface area contributed by atoms with Crippen LogP contribution < -0.4 is 9.62 Å². The first-order valence-electron chi connectivity index (χ1n) is 12.7. The molecule has 40 heavy (non-hydrogen) atoms.